The number of rotatable bonds is 7. The number of anilines is 1. The van der Waals surface area contributed by atoms with Crippen LogP contribution in [0.4, 0.5) is 5.69 Å². The minimum absolute atomic E-state index is 0.152. The molecule has 1 unspecified atom stereocenters. The number of hydrogen-bond donors (Lipinski definition) is 3. The van der Waals surface area contributed by atoms with E-state index >= 15 is 0 Å². The average Bonchev–Trinajstić information content (AvgIpc) is 2.61. The van der Waals surface area contributed by atoms with Crippen LogP contribution in [0.3, 0.4) is 0 Å². The molecule has 5 heteroatoms. The molecule has 5 nitrogen and oxygen atoms in total. The normalized spacial score (nSPS) is 17.1. The highest BCUT2D eigenvalue weighted by atomic mass is 16.3. The van der Waals surface area contributed by atoms with E-state index in [1.165, 1.54) is 0 Å². The third kappa shape index (κ3) is 4.95. The molecule has 1 amide bonds. The molecule has 0 spiro atoms. The Morgan fingerprint density at radius 3 is 2.33 bits per heavy atom. The molecule has 0 saturated carbocycles. The standard InChI is InChI=1S/C19H30N2O3/c1-3-14(4-2)18(23)13-20-19(24)15-5-7-16(8-6-15)21-11-9-17(22)10-12-21/h5-8,14,17-18,22-23H,3-4,9-13H2,1-2H3,(H,20,24). The van der Waals surface area contributed by atoms with Crippen molar-refractivity contribution in [3.63, 3.8) is 0 Å². The van der Waals surface area contributed by atoms with Gasteiger partial charge in [0.05, 0.1) is 12.2 Å². The molecule has 1 atom stereocenters. The van der Waals surface area contributed by atoms with Gasteiger partial charge in [-0.1, -0.05) is 26.7 Å². The van der Waals surface area contributed by atoms with Crippen molar-refractivity contribution in [2.45, 2.75) is 51.7 Å². The summed E-state index contributed by atoms with van der Waals surface area (Å²) in [7, 11) is 0. The summed E-state index contributed by atoms with van der Waals surface area (Å²) in [6.07, 6.45) is 2.71. The first-order valence-electron chi connectivity index (χ1n) is 9.04. The van der Waals surface area contributed by atoms with Crippen LogP contribution >= 0.6 is 0 Å². The lowest BCUT2D eigenvalue weighted by Gasteiger charge is -2.31. The highest BCUT2D eigenvalue weighted by Gasteiger charge is 2.18. The maximum absolute atomic E-state index is 12.2. The van der Waals surface area contributed by atoms with Crippen molar-refractivity contribution in [3.05, 3.63) is 29.8 Å². The zero-order valence-electron chi connectivity index (χ0n) is 14.7. The minimum atomic E-state index is -0.497. The van der Waals surface area contributed by atoms with Crippen LogP contribution in [-0.2, 0) is 0 Å². The van der Waals surface area contributed by atoms with E-state index in [4.69, 9.17) is 0 Å². The van der Waals surface area contributed by atoms with Gasteiger partial charge in [-0.25, -0.2) is 0 Å². The Bertz CT molecular complexity index is 506. The van der Waals surface area contributed by atoms with Crippen LogP contribution in [0, 0.1) is 5.92 Å². The number of nitrogens with zero attached hydrogens (tertiary/aromatic N) is 1. The van der Waals surface area contributed by atoms with Crippen molar-refractivity contribution in [1.82, 2.24) is 5.32 Å². The molecule has 0 aliphatic carbocycles. The topological polar surface area (TPSA) is 72.8 Å². The number of aliphatic hydroxyl groups excluding tert-OH is 2. The second-order valence-corrected chi connectivity index (χ2v) is 6.62. The molecule has 0 aromatic heterocycles. The fourth-order valence-electron chi connectivity index (χ4n) is 3.25. The van der Waals surface area contributed by atoms with Gasteiger partial charge in [0.25, 0.3) is 5.91 Å². The third-order valence-corrected chi connectivity index (χ3v) is 5.02. The third-order valence-electron chi connectivity index (χ3n) is 5.02. The number of hydrogen-bond acceptors (Lipinski definition) is 4. The van der Waals surface area contributed by atoms with E-state index in [-0.39, 0.29) is 24.5 Å². The van der Waals surface area contributed by atoms with Gasteiger partial charge in [-0.15, -0.1) is 0 Å². The van der Waals surface area contributed by atoms with Crippen molar-refractivity contribution in [2.24, 2.45) is 5.92 Å². The second kappa shape index (κ2) is 9.04. The monoisotopic (exact) mass is 334 g/mol. The Kier molecular flexibility index (Phi) is 7.06. The number of carbonyl (C=O) groups is 1. The molecule has 134 valence electrons. The molecular formula is C19H30N2O3. The van der Waals surface area contributed by atoms with Gasteiger partial charge >= 0.3 is 0 Å². The molecule has 0 bridgehead atoms. The first-order chi connectivity index (χ1) is 11.5. The Morgan fingerprint density at radius 2 is 1.79 bits per heavy atom. The van der Waals surface area contributed by atoms with Gasteiger partial charge in [-0.05, 0) is 43.0 Å². The summed E-state index contributed by atoms with van der Waals surface area (Å²) in [5, 5.41) is 22.5. The van der Waals surface area contributed by atoms with Gasteiger partial charge < -0.3 is 20.4 Å². The maximum Gasteiger partial charge on any atom is 0.251 e. The molecule has 3 N–H and O–H groups in total. The van der Waals surface area contributed by atoms with Gasteiger partial charge in [-0.3, -0.25) is 4.79 Å². The summed E-state index contributed by atoms with van der Waals surface area (Å²) in [5.41, 5.74) is 1.68. The molecule has 1 heterocycles. The molecule has 1 aromatic rings. The van der Waals surface area contributed by atoms with E-state index in [9.17, 15) is 15.0 Å². The first-order valence-corrected chi connectivity index (χ1v) is 9.04. The van der Waals surface area contributed by atoms with Gasteiger partial charge in [-0.2, -0.15) is 0 Å². The number of amides is 1. The maximum atomic E-state index is 12.2. The smallest absolute Gasteiger partial charge is 0.251 e. The molecule has 1 aliphatic rings. The Morgan fingerprint density at radius 1 is 1.21 bits per heavy atom. The van der Waals surface area contributed by atoms with Crippen molar-refractivity contribution in [2.75, 3.05) is 24.5 Å². The highest BCUT2D eigenvalue weighted by molar-refractivity contribution is 5.94. The lowest BCUT2D eigenvalue weighted by Crippen LogP contribution is -2.36. The van der Waals surface area contributed by atoms with Crippen molar-refractivity contribution in [1.29, 1.82) is 0 Å². The number of aliphatic hydroxyl groups is 2. The summed E-state index contributed by atoms with van der Waals surface area (Å²) in [4.78, 5) is 14.4. The predicted molar refractivity (Wildman–Crippen MR) is 96.3 cm³/mol. The summed E-state index contributed by atoms with van der Waals surface area (Å²) in [5.74, 6) is 0.0720. The van der Waals surface area contributed by atoms with E-state index in [1.807, 2.05) is 24.3 Å². The zero-order valence-corrected chi connectivity index (χ0v) is 14.7. The number of nitrogens with one attached hydrogen (secondary N) is 1. The van der Waals surface area contributed by atoms with E-state index in [1.54, 1.807) is 0 Å². The number of carbonyl (C=O) groups excluding carboxylic acids is 1. The van der Waals surface area contributed by atoms with E-state index in [2.05, 4.69) is 24.1 Å². The fourth-order valence-corrected chi connectivity index (χ4v) is 3.25. The molecule has 1 fully saturated rings. The van der Waals surface area contributed by atoms with E-state index in [0.717, 1.165) is 44.5 Å². The Hall–Kier alpha value is -1.59. The van der Waals surface area contributed by atoms with Crippen LogP contribution in [0.2, 0.25) is 0 Å². The van der Waals surface area contributed by atoms with Crippen molar-refractivity contribution >= 4 is 11.6 Å². The predicted octanol–water partition coefficient (Wildman–Crippen LogP) is 2.17. The number of piperidine rings is 1. The van der Waals surface area contributed by atoms with Gasteiger partial charge in [0, 0.05) is 30.9 Å². The summed E-state index contributed by atoms with van der Waals surface area (Å²) < 4.78 is 0. The summed E-state index contributed by atoms with van der Waals surface area (Å²) >= 11 is 0. The molecule has 0 radical (unpaired) electrons. The molecule has 24 heavy (non-hydrogen) atoms. The summed E-state index contributed by atoms with van der Waals surface area (Å²) in [6.45, 7) is 6.08. The average molecular weight is 334 g/mol. The molecule has 2 rings (SSSR count). The zero-order chi connectivity index (χ0) is 17.5. The van der Waals surface area contributed by atoms with Crippen LogP contribution in [-0.4, -0.2) is 48.0 Å². The molecule has 1 aliphatic heterocycles. The SMILES string of the molecule is CCC(CC)C(O)CNC(=O)c1ccc(N2CCC(O)CC2)cc1. The lowest BCUT2D eigenvalue weighted by atomic mass is 9.96. The first kappa shape index (κ1) is 18.7. The van der Waals surface area contributed by atoms with Crippen LogP contribution < -0.4 is 10.2 Å². The number of benzene rings is 1. The van der Waals surface area contributed by atoms with Gasteiger partial charge in [0.15, 0.2) is 0 Å². The summed E-state index contributed by atoms with van der Waals surface area (Å²) in [6, 6.07) is 7.53. The van der Waals surface area contributed by atoms with Crippen LogP contribution in [0.25, 0.3) is 0 Å². The molecular weight excluding hydrogens is 304 g/mol. The Balaban J connectivity index is 1.87. The minimum Gasteiger partial charge on any atom is -0.393 e. The van der Waals surface area contributed by atoms with E-state index < -0.39 is 6.10 Å². The molecule has 1 aromatic carbocycles. The molecule has 1 saturated heterocycles. The lowest BCUT2D eigenvalue weighted by molar-refractivity contribution is 0.0816. The van der Waals surface area contributed by atoms with Crippen LogP contribution in [0.15, 0.2) is 24.3 Å². The Labute approximate surface area is 144 Å². The van der Waals surface area contributed by atoms with Crippen molar-refractivity contribution < 1.29 is 15.0 Å². The fraction of sp³-hybridized carbons (Fsp3) is 0.632. The van der Waals surface area contributed by atoms with E-state index in [0.29, 0.717) is 5.56 Å². The van der Waals surface area contributed by atoms with Gasteiger partial charge in [0.2, 0.25) is 0 Å². The van der Waals surface area contributed by atoms with Crippen LogP contribution in [0.1, 0.15) is 49.9 Å². The second-order valence-electron chi connectivity index (χ2n) is 6.62. The quantitative estimate of drug-likeness (QED) is 0.714. The van der Waals surface area contributed by atoms with Gasteiger partial charge in [0.1, 0.15) is 0 Å². The van der Waals surface area contributed by atoms with Crippen LogP contribution in [0.5, 0.6) is 0 Å². The largest absolute Gasteiger partial charge is 0.393 e. The highest BCUT2D eigenvalue weighted by Crippen LogP contribution is 2.20. The van der Waals surface area contributed by atoms with Crippen molar-refractivity contribution in [3.8, 4) is 0 Å².